The first-order valence-corrected chi connectivity index (χ1v) is 22.8. The number of fused-ring (bicyclic) bond motifs is 7. The van der Waals surface area contributed by atoms with Crippen molar-refractivity contribution in [3.63, 3.8) is 0 Å². The zero-order valence-corrected chi connectivity index (χ0v) is 40.6. The van der Waals surface area contributed by atoms with Gasteiger partial charge in [-0.15, -0.1) is 29.1 Å². The van der Waals surface area contributed by atoms with Gasteiger partial charge in [-0.2, -0.15) is 12.1 Å². The van der Waals surface area contributed by atoms with Crippen molar-refractivity contribution >= 4 is 54.8 Å². The summed E-state index contributed by atoms with van der Waals surface area (Å²) < 4.78 is 20.3. The molecule has 0 saturated heterocycles. The molecule has 7 heteroatoms. The Labute approximate surface area is 410 Å². The largest absolute Gasteiger partial charge is 0.512 e. The van der Waals surface area contributed by atoms with Crippen LogP contribution in [0.5, 0.6) is 11.5 Å². The van der Waals surface area contributed by atoms with Crippen LogP contribution in [0.4, 0.5) is 0 Å². The van der Waals surface area contributed by atoms with Crippen LogP contribution in [0, 0.1) is 18.5 Å². The zero-order chi connectivity index (χ0) is 45.4. The minimum atomic E-state index is -0.700. The summed E-state index contributed by atoms with van der Waals surface area (Å²) >= 11 is 0. The van der Waals surface area contributed by atoms with Gasteiger partial charge >= 0.3 is 0 Å². The Bertz CT molecular complexity index is 3800. The van der Waals surface area contributed by atoms with Crippen LogP contribution in [0.3, 0.4) is 0 Å². The number of hydrogen-bond donors (Lipinski definition) is 0. The van der Waals surface area contributed by atoms with E-state index in [4.69, 9.17) is 14.1 Å². The number of ether oxygens (including phenoxy) is 1. The van der Waals surface area contributed by atoms with E-state index in [0.29, 0.717) is 17.1 Å². The van der Waals surface area contributed by atoms with Crippen LogP contribution in [0.25, 0.3) is 88.5 Å². The number of hydrogen-bond acceptors (Lipinski definition) is 3. The van der Waals surface area contributed by atoms with E-state index in [-0.39, 0.29) is 26.5 Å². The van der Waals surface area contributed by atoms with Gasteiger partial charge in [-0.1, -0.05) is 171 Å². The molecule has 0 amide bonds. The number of para-hydroxylation sites is 5. The third-order valence-electron chi connectivity index (χ3n) is 13.2. The Hall–Kier alpha value is -7.53. The number of imidazole rings is 1. The maximum atomic E-state index is 6.99. The molecule has 68 heavy (non-hydrogen) atoms. The Balaban J connectivity index is 0.00000507. The molecule has 0 aliphatic rings. The van der Waals surface area contributed by atoms with Gasteiger partial charge in [-0.3, -0.25) is 0 Å². The van der Waals surface area contributed by atoms with Gasteiger partial charge in [0.05, 0.1) is 33.6 Å². The van der Waals surface area contributed by atoms with Gasteiger partial charge in [0.1, 0.15) is 11.4 Å². The molecule has 12 rings (SSSR count). The van der Waals surface area contributed by atoms with Gasteiger partial charge < -0.3 is 22.9 Å². The third-order valence-corrected chi connectivity index (χ3v) is 13.2. The van der Waals surface area contributed by atoms with Crippen molar-refractivity contribution in [1.29, 1.82) is 0 Å². The molecular formula is C61H46N4O2Pt-2. The first-order chi connectivity index (χ1) is 32.6. The molecule has 0 bridgehead atoms. The first-order valence-electron chi connectivity index (χ1n) is 22.8. The molecule has 4 aromatic heterocycles. The fourth-order valence-corrected chi connectivity index (χ4v) is 9.68. The molecular weight excluding hydrogens is 1020 g/mol. The van der Waals surface area contributed by atoms with Gasteiger partial charge in [0.25, 0.3) is 0 Å². The SMILES string of the molecule is CC(C)(C)c1ccnc(-n2c3[c-]c(Oc4[c-]c(C(C)(C)n5[c-][n+](-c6c(-c7ccccc7)cccc6-c6ccccc6)c6ccccc65)cc5c4oc4ccccc45)ccc3c3ccccc32)c1.[Pt]. The minimum absolute atomic E-state index is 0. The molecule has 0 unspecified atom stereocenters. The van der Waals surface area contributed by atoms with Crippen LogP contribution in [0.1, 0.15) is 45.7 Å². The second kappa shape index (κ2) is 16.7. The molecule has 0 aliphatic carbocycles. The van der Waals surface area contributed by atoms with E-state index in [1.54, 1.807) is 0 Å². The summed E-state index contributed by atoms with van der Waals surface area (Å²) in [5, 5.41) is 4.12. The van der Waals surface area contributed by atoms with Crippen molar-refractivity contribution in [3.05, 3.63) is 218 Å². The molecule has 0 saturated carbocycles. The molecule has 0 radical (unpaired) electrons. The standard InChI is InChI=1S/C61H46N4O2.Pt/c1-60(2,3)42-33-34-62-57(37-42)65-51-27-14-12-23-47(51)48-32-31-44(38-54(48)65)66-56-36-43(35-50-49-24-13-17-30-55(49)67-59(50)56)61(4,5)64-39-63(52-28-15-16-29-53(52)64)58-45(40-19-8-6-9-20-40)25-18-26-46(58)41-21-10-7-11-22-41;/h6-35,37H,1-5H3;/q-2;. The molecule has 12 aromatic rings. The number of furan rings is 1. The number of aromatic nitrogens is 4. The summed E-state index contributed by atoms with van der Waals surface area (Å²) in [6.45, 7) is 11.1. The predicted molar refractivity (Wildman–Crippen MR) is 270 cm³/mol. The maximum Gasteiger partial charge on any atom is 0.245 e. The van der Waals surface area contributed by atoms with E-state index in [1.807, 2.05) is 30.5 Å². The summed E-state index contributed by atoms with van der Waals surface area (Å²) in [7, 11) is 0. The molecule has 4 heterocycles. The van der Waals surface area contributed by atoms with Crippen molar-refractivity contribution < 1.29 is 34.8 Å². The zero-order valence-electron chi connectivity index (χ0n) is 38.3. The Morgan fingerprint density at radius 2 is 1.24 bits per heavy atom. The summed E-state index contributed by atoms with van der Waals surface area (Å²) in [6, 6.07) is 71.0. The van der Waals surface area contributed by atoms with Gasteiger partial charge in [-0.25, -0.2) is 4.98 Å². The van der Waals surface area contributed by atoms with Crippen molar-refractivity contribution in [3.8, 4) is 45.3 Å². The molecule has 8 aromatic carbocycles. The molecule has 0 aliphatic heterocycles. The van der Waals surface area contributed by atoms with Crippen molar-refractivity contribution in [2.45, 2.75) is 45.6 Å². The Morgan fingerprint density at radius 3 is 1.96 bits per heavy atom. The maximum absolute atomic E-state index is 6.99. The quantitative estimate of drug-likeness (QED) is 0.113. The van der Waals surface area contributed by atoms with Crippen LogP contribution in [0.15, 0.2) is 193 Å². The van der Waals surface area contributed by atoms with Crippen LogP contribution >= 0.6 is 0 Å². The van der Waals surface area contributed by atoms with Crippen LogP contribution in [-0.2, 0) is 32.0 Å². The van der Waals surface area contributed by atoms with Gasteiger partial charge in [0.2, 0.25) is 6.33 Å². The Morgan fingerprint density at radius 1 is 0.588 bits per heavy atom. The number of nitrogens with zero attached hydrogens (tertiary/aromatic N) is 4. The Kier molecular flexibility index (Phi) is 10.6. The van der Waals surface area contributed by atoms with Crippen LogP contribution in [0.2, 0.25) is 0 Å². The fourth-order valence-electron chi connectivity index (χ4n) is 9.68. The normalized spacial score (nSPS) is 12.1. The van der Waals surface area contributed by atoms with Gasteiger partial charge in [0, 0.05) is 43.9 Å². The second-order valence-electron chi connectivity index (χ2n) is 18.8. The van der Waals surface area contributed by atoms with Crippen molar-refractivity contribution in [2.24, 2.45) is 0 Å². The summed E-state index contributed by atoms with van der Waals surface area (Å²) in [5.41, 5.74) is 12.3. The van der Waals surface area contributed by atoms with E-state index in [9.17, 15) is 0 Å². The van der Waals surface area contributed by atoms with E-state index < -0.39 is 5.54 Å². The molecule has 0 atom stereocenters. The minimum Gasteiger partial charge on any atom is -0.512 e. The molecule has 0 spiro atoms. The van der Waals surface area contributed by atoms with E-state index in [0.717, 1.165) is 88.5 Å². The van der Waals surface area contributed by atoms with E-state index >= 15 is 0 Å². The molecule has 6 nitrogen and oxygen atoms in total. The first kappa shape index (κ1) is 43.1. The smallest absolute Gasteiger partial charge is 0.245 e. The molecule has 334 valence electrons. The average molecular weight is 1060 g/mol. The van der Waals surface area contributed by atoms with Gasteiger partial charge in [0.15, 0.2) is 0 Å². The molecule has 0 N–H and O–H groups in total. The summed E-state index contributed by atoms with van der Waals surface area (Å²) in [4.78, 5) is 4.90. The van der Waals surface area contributed by atoms with Crippen LogP contribution < -0.4 is 9.30 Å². The fraction of sp³-hybridized carbons (Fsp3) is 0.115. The van der Waals surface area contributed by atoms with Crippen molar-refractivity contribution in [1.82, 2.24) is 14.1 Å². The number of pyridine rings is 1. The summed E-state index contributed by atoms with van der Waals surface area (Å²) in [6.07, 6.45) is 5.81. The molecule has 0 fully saturated rings. The monoisotopic (exact) mass is 1060 g/mol. The topological polar surface area (TPSA) is 49.0 Å². The number of rotatable bonds is 8. The van der Waals surface area contributed by atoms with E-state index in [1.165, 1.54) is 5.56 Å². The van der Waals surface area contributed by atoms with Crippen molar-refractivity contribution in [2.75, 3.05) is 0 Å². The number of benzene rings is 8. The second-order valence-corrected chi connectivity index (χ2v) is 18.8. The van der Waals surface area contributed by atoms with Gasteiger partial charge in [-0.05, 0) is 76.7 Å². The average Bonchev–Trinajstić information content (AvgIpc) is 4.04. The third kappa shape index (κ3) is 7.14. The predicted octanol–water partition coefficient (Wildman–Crippen LogP) is 14.9. The summed E-state index contributed by atoms with van der Waals surface area (Å²) in [5.74, 6) is 1.85. The van der Waals surface area contributed by atoms with Crippen LogP contribution in [-0.4, -0.2) is 14.1 Å². The van der Waals surface area contributed by atoms with E-state index in [2.05, 4.69) is 225 Å².